The molecule has 1 aromatic rings. The van der Waals surface area contributed by atoms with E-state index in [1.807, 2.05) is 11.8 Å². The average Bonchev–Trinajstić information content (AvgIpc) is 3.14. The third-order valence-electron chi connectivity index (χ3n) is 2.61. The first-order chi connectivity index (χ1) is 7.76. The van der Waals surface area contributed by atoms with E-state index in [1.165, 1.54) is 12.4 Å². The number of nitrogen functional groups attached to an aromatic ring is 1. The molecule has 6 heteroatoms. The molecule has 2 rings (SSSR count). The van der Waals surface area contributed by atoms with Crippen molar-refractivity contribution >= 4 is 11.7 Å². The normalized spacial score (nSPS) is 14.6. The number of nitrogens with one attached hydrogen (secondary N) is 1. The summed E-state index contributed by atoms with van der Waals surface area (Å²) in [5.74, 6) is 5.57. The molecule has 16 heavy (non-hydrogen) atoms. The van der Waals surface area contributed by atoms with Gasteiger partial charge in [-0.05, 0) is 19.8 Å². The van der Waals surface area contributed by atoms with Gasteiger partial charge in [0.15, 0.2) is 5.82 Å². The summed E-state index contributed by atoms with van der Waals surface area (Å²) < 4.78 is 0. The number of hydrazine groups is 1. The first-order valence-corrected chi connectivity index (χ1v) is 5.36. The average molecular weight is 221 g/mol. The highest BCUT2D eigenvalue weighted by Gasteiger charge is 2.32. The Balaban J connectivity index is 2.12. The van der Waals surface area contributed by atoms with Crippen LogP contribution in [0.5, 0.6) is 0 Å². The van der Waals surface area contributed by atoms with Crippen LogP contribution in [0, 0.1) is 0 Å². The van der Waals surface area contributed by atoms with E-state index >= 15 is 0 Å². The van der Waals surface area contributed by atoms with Crippen LogP contribution in [-0.4, -0.2) is 33.4 Å². The second kappa shape index (κ2) is 4.44. The number of aromatic nitrogens is 2. The topological polar surface area (TPSA) is 84.1 Å². The smallest absolute Gasteiger partial charge is 0.274 e. The van der Waals surface area contributed by atoms with Gasteiger partial charge in [0, 0.05) is 12.6 Å². The van der Waals surface area contributed by atoms with Crippen LogP contribution in [0.15, 0.2) is 12.4 Å². The lowest BCUT2D eigenvalue weighted by atomic mass is 10.3. The van der Waals surface area contributed by atoms with Gasteiger partial charge >= 0.3 is 0 Å². The summed E-state index contributed by atoms with van der Waals surface area (Å²) in [5.41, 5.74) is 2.74. The number of anilines is 1. The Hall–Kier alpha value is -1.69. The van der Waals surface area contributed by atoms with Gasteiger partial charge in [-0.25, -0.2) is 15.8 Å². The Kier molecular flexibility index (Phi) is 3.00. The van der Waals surface area contributed by atoms with Crippen LogP contribution in [0.25, 0.3) is 0 Å². The molecule has 1 heterocycles. The highest BCUT2D eigenvalue weighted by atomic mass is 16.2. The van der Waals surface area contributed by atoms with E-state index in [1.54, 1.807) is 0 Å². The molecule has 0 spiro atoms. The van der Waals surface area contributed by atoms with E-state index in [-0.39, 0.29) is 5.91 Å². The lowest BCUT2D eigenvalue weighted by molar-refractivity contribution is 0.0746. The maximum absolute atomic E-state index is 12.0. The van der Waals surface area contributed by atoms with Crippen LogP contribution < -0.4 is 11.3 Å². The molecule has 0 saturated heterocycles. The molecule has 1 aliphatic rings. The minimum atomic E-state index is -0.0546. The van der Waals surface area contributed by atoms with Crippen molar-refractivity contribution in [1.82, 2.24) is 14.9 Å². The van der Waals surface area contributed by atoms with Crippen molar-refractivity contribution in [2.75, 3.05) is 12.0 Å². The second-order valence-electron chi connectivity index (χ2n) is 3.75. The molecule has 1 amide bonds. The Morgan fingerprint density at radius 2 is 2.31 bits per heavy atom. The maximum Gasteiger partial charge on any atom is 0.274 e. The van der Waals surface area contributed by atoms with Gasteiger partial charge in [-0.3, -0.25) is 4.79 Å². The standard InChI is InChI=1S/C10H15N5O/c1-2-15(7-3-4-7)10(16)8-5-13-9(14-11)6-12-8/h5-7H,2-4,11H2,1H3,(H,13,14). The lowest BCUT2D eigenvalue weighted by Gasteiger charge is -2.19. The van der Waals surface area contributed by atoms with E-state index in [0.29, 0.717) is 24.1 Å². The van der Waals surface area contributed by atoms with Gasteiger partial charge < -0.3 is 10.3 Å². The first-order valence-electron chi connectivity index (χ1n) is 5.36. The molecule has 1 aromatic heterocycles. The van der Waals surface area contributed by atoms with E-state index in [4.69, 9.17) is 5.84 Å². The number of carbonyl (C=O) groups is 1. The van der Waals surface area contributed by atoms with Gasteiger partial charge in [0.05, 0.1) is 12.4 Å². The summed E-state index contributed by atoms with van der Waals surface area (Å²) >= 11 is 0. The zero-order valence-electron chi connectivity index (χ0n) is 9.18. The van der Waals surface area contributed by atoms with Gasteiger partial charge in [-0.2, -0.15) is 0 Å². The van der Waals surface area contributed by atoms with Crippen LogP contribution in [0.3, 0.4) is 0 Å². The molecule has 0 aliphatic heterocycles. The summed E-state index contributed by atoms with van der Waals surface area (Å²) in [5, 5.41) is 0. The van der Waals surface area contributed by atoms with Crippen LogP contribution in [0.4, 0.5) is 5.82 Å². The Morgan fingerprint density at radius 3 is 2.75 bits per heavy atom. The molecule has 0 unspecified atom stereocenters. The SMILES string of the molecule is CCN(C(=O)c1cnc(NN)cn1)C1CC1. The second-order valence-corrected chi connectivity index (χ2v) is 3.75. The van der Waals surface area contributed by atoms with Crippen LogP contribution in [0.1, 0.15) is 30.3 Å². The fourth-order valence-corrected chi connectivity index (χ4v) is 1.61. The molecule has 3 N–H and O–H groups in total. The highest BCUT2D eigenvalue weighted by molar-refractivity contribution is 5.92. The number of carbonyl (C=O) groups excluding carboxylic acids is 1. The predicted octanol–water partition coefficient (Wildman–Crippen LogP) is 0.387. The Morgan fingerprint density at radius 1 is 1.56 bits per heavy atom. The molecular formula is C10H15N5O. The lowest BCUT2D eigenvalue weighted by Crippen LogP contribution is -2.33. The summed E-state index contributed by atoms with van der Waals surface area (Å²) in [7, 11) is 0. The zero-order valence-corrected chi connectivity index (χ0v) is 9.18. The van der Waals surface area contributed by atoms with Gasteiger partial charge in [-0.15, -0.1) is 0 Å². The Bertz CT molecular complexity index is 373. The van der Waals surface area contributed by atoms with E-state index in [0.717, 1.165) is 12.8 Å². The van der Waals surface area contributed by atoms with E-state index in [9.17, 15) is 4.79 Å². The van der Waals surface area contributed by atoms with Crippen LogP contribution in [-0.2, 0) is 0 Å². The van der Waals surface area contributed by atoms with Crippen molar-refractivity contribution in [2.45, 2.75) is 25.8 Å². The van der Waals surface area contributed by atoms with Crippen molar-refractivity contribution in [3.8, 4) is 0 Å². The van der Waals surface area contributed by atoms with Crippen LogP contribution >= 0.6 is 0 Å². The number of hydrogen-bond donors (Lipinski definition) is 2. The molecule has 0 radical (unpaired) electrons. The van der Waals surface area contributed by atoms with E-state index < -0.39 is 0 Å². The number of amides is 1. The predicted molar refractivity (Wildman–Crippen MR) is 59.6 cm³/mol. The van der Waals surface area contributed by atoms with Crippen molar-refractivity contribution in [3.63, 3.8) is 0 Å². The van der Waals surface area contributed by atoms with Crippen molar-refractivity contribution in [1.29, 1.82) is 0 Å². The molecule has 0 aromatic carbocycles. The molecule has 1 fully saturated rings. The fraction of sp³-hybridized carbons (Fsp3) is 0.500. The van der Waals surface area contributed by atoms with Crippen molar-refractivity contribution < 1.29 is 4.79 Å². The molecule has 0 bridgehead atoms. The number of rotatable bonds is 4. The van der Waals surface area contributed by atoms with E-state index in [2.05, 4.69) is 15.4 Å². The quantitative estimate of drug-likeness (QED) is 0.567. The van der Waals surface area contributed by atoms with Gasteiger partial charge in [0.1, 0.15) is 5.69 Å². The highest BCUT2D eigenvalue weighted by Crippen LogP contribution is 2.27. The summed E-state index contributed by atoms with van der Waals surface area (Å²) in [6.07, 6.45) is 5.08. The minimum Gasteiger partial charge on any atom is -0.335 e. The number of nitrogens with two attached hydrogens (primary N) is 1. The monoisotopic (exact) mass is 221 g/mol. The molecular weight excluding hydrogens is 206 g/mol. The minimum absolute atomic E-state index is 0.0546. The third kappa shape index (κ3) is 2.11. The first kappa shape index (κ1) is 10.8. The molecule has 0 atom stereocenters. The summed E-state index contributed by atoms with van der Waals surface area (Å²) in [6, 6.07) is 0.395. The molecule has 6 nitrogen and oxygen atoms in total. The van der Waals surface area contributed by atoms with Gasteiger partial charge in [0.25, 0.3) is 5.91 Å². The number of hydrogen-bond acceptors (Lipinski definition) is 5. The maximum atomic E-state index is 12.0. The fourth-order valence-electron chi connectivity index (χ4n) is 1.61. The van der Waals surface area contributed by atoms with Crippen LogP contribution in [0.2, 0.25) is 0 Å². The summed E-state index contributed by atoms with van der Waals surface area (Å²) in [4.78, 5) is 21.9. The van der Waals surface area contributed by atoms with Gasteiger partial charge in [0.2, 0.25) is 0 Å². The number of nitrogens with zero attached hydrogens (tertiary/aromatic N) is 3. The molecule has 86 valence electrons. The molecule has 1 saturated carbocycles. The third-order valence-corrected chi connectivity index (χ3v) is 2.61. The van der Waals surface area contributed by atoms with Gasteiger partial charge in [-0.1, -0.05) is 0 Å². The van der Waals surface area contributed by atoms with Crippen molar-refractivity contribution in [3.05, 3.63) is 18.1 Å². The zero-order chi connectivity index (χ0) is 11.5. The Labute approximate surface area is 93.8 Å². The largest absolute Gasteiger partial charge is 0.335 e. The summed E-state index contributed by atoms with van der Waals surface area (Å²) in [6.45, 7) is 2.68. The molecule has 1 aliphatic carbocycles. The van der Waals surface area contributed by atoms with Crippen molar-refractivity contribution in [2.24, 2.45) is 5.84 Å².